The van der Waals surface area contributed by atoms with Crippen LogP contribution in [0.3, 0.4) is 0 Å². The minimum absolute atomic E-state index is 0.526. The molecular formula is C18H28O2. The average molecular weight is 276 g/mol. The van der Waals surface area contributed by atoms with Crippen molar-refractivity contribution < 1.29 is 9.47 Å². The topological polar surface area (TPSA) is 18.5 Å². The molecule has 1 aliphatic heterocycles. The molecule has 1 heterocycles. The smallest absolute Gasteiger partial charge is 0.119 e. The van der Waals surface area contributed by atoms with E-state index >= 15 is 0 Å². The molecule has 2 rings (SSSR count). The number of hydrogen-bond acceptors (Lipinski definition) is 2. The Balaban J connectivity index is 1.48. The molecule has 0 bridgehead atoms. The molecular weight excluding hydrogens is 248 g/mol. The minimum Gasteiger partial charge on any atom is -0.494 e. The molecule has 1 aliphatic rings. The third kappa shape index (κ3) is 4.52. The molecule has 1 aromatic carbocycles. The molecule has 1 aromatic rings. The van der Waals surface area contributed by atoms with Crippen LogP contribution in [0.2, 0.25) is 0 Å². The van der Waals surface area contributed by atoms with Crippen molar-refractivity contribution in [2.75, 3.05) is 19.8 Å². The summed E-state index contributed by atoms with van der Waals surface area (Å²) in [6.07, 6.45) is 7.68. The Morgan fingerprint density at radius 1 is 1.05 bits per heavy atom. The summed E-state index contributed by atoms with van der Waals surface area (Å²) in [5, 5.41) is 0. The Morgan fingerprint density at radius 2 is 1.75 bits per heavy atom. The SMILES string of the molecule is CCC1(CCCCCCOc2ccc(C)cc2)COC1. The van der Waals surface area contributed by atoms with Gasteiger partial charge in [-0.15, -0.1) is 0 Å². The highest BCUT2D eigenvalue weighted by atomic mass is 16.5. The molecule has 2 heteroatoms. The maximum absolute atomic E-state index is 5.74. The van der Waals surface area contributed by atoms with E-state index in [1.807, 2.05) is 0 Å². The molecule has 0 atom stereocenters. The lowest BCUT2D eigenvalue weighted by Gasteiger charge is -2.41. The lowest BCUT2D eigenvalue weighted by atomic mass is 9.78. The van der Waals surface area contributed by atoms with Gasteiger partial charge in [-0.1, -0.05) is 43.9 Å². The van der Waals surface area contributed by atoms with Crippen LogP contribution in [-0.4, -0.2) is 19.8 Å². The summed E-state index contributed by atoms with van der Waals surface area (Å²) >= 11 is 0. The number of benzene rings is 1. The summed E-state index contributed by atoms with van der Waals surface area (Å²) < 4.78 is 11.1. The lowest BCUT2D eigenvalue weighted by Crippen LogP contribution is -2.41. The standard InChI is InChI=1S/C18H28O2/c1-3-18(14-19-15-18)12-6-4-5-7-13-20-17-10-8-16(2)9-11-17/h8-11H,3-7,12-15H2,1-2H3. The van der Waals surface area contributed by atoms with Gasteiger partial charge in [-0.25, -0.2) is 0 Å². The quantitative estimate of drug-likeness (QED) is 0.606. The van der Waals surface area contributed by atoms with Gasteiger partial charge < -0.3 is 9.47 Å². The van der Waals surface area contributed by atoms with E-state index in [0.717, 1.165) is 32.0 Å². The van der Waals surface area contributed by atoms with Crippen LogP contribution in [-0.2, 0) is 4.74 Å². The molecule has 1 fully saturated rings. The lowest BCUT2D eigenvalue weighted by molar-refractivity contribution is -0.120. The summed E-state index contributed by atoms with van der Waals surface area (Å²) in [5.74, 6) is 0.993. The molecule has 0 aromatic heterocycles. The van der Waals surface area contributed by atoms with Gasteiger partial charge in [0, 0.05) is 5.41 Å². The van der Waals surface area contributed by atoms with Gasteiger partial charge in [0.25, 0.3) is 0 Å². The second-order valence-electron chi connectivity index (χ2n) is 6.17. The molecule has 0 amide bonds. The van der Waals surface area contributed by atoms with Gasteiger partial charge in [-0.2, -0.15) is 0 Å². The number of hydrogen-bond donors (Lipinski definition) is 0. The van der Waals surface area contributed by atoms with Crippen LogP contribution in [0.25, 0.3) is 0 Å². The summed E-state index contributed by atoms with van der Waals surface area (Å²) in [6.45, 7) is 7.20. The third-order valence-electron chi connectivity index (χ3n) is 4.46. The Kier molecular flexibility index (Phi) is 5.90. The minimum atomic E-state index is 0.526. The third-order valence-corrected chi connectivity index (χ3v) is 4.46. The zero-order chi connectivity index (χ0) is 14.3. The number of aryl methyl sites for hydroxylation is 1. The average Bonchev–Trinajstić information content (AvgIpc) is 2.42. The van der Waals surface area contributed by atoms with Gasteiger partial charge in [0.2, 0.25) is 0 Å². The first-order valence-corrected chi connectivity index (χ1v) is 8.01. The molecule has 2 nitrogen and oxygen atoms in total. The highest BCUT2D eigenvalue weighted by Gasteiger charge is 2.35. The van der Waals surface area contributed by atoms with Crippen molar-refractivity contribution in [3.05, 3.63) is 29.8 Å². The van der Waals surface area contributed by atoms with Crippen LogP contribution in [0, 0.1) is 12.3 Å². The zero-order valence-electron chi connectivity index (χ0n) is 13.0. The Hall–Kier alpha value is -1.02. The van der Waals surface area contributed by atoms with E-state index in [1.54, 1.807) is 0 Å². The first-order valence-electron chi connectivity index (χ1n) is 8.01. The Bertz CT molecular complexity index is 373. The van der Waals surface area contributed by atoms with Crippen LogP contribution in [0.15, 0.2) is 24.3 Å². The maximum atomic E-state index is 5.74. The van der Waals surface area contributed by atoms with E-state index in [2.05, 4.69) is 38.1 Å². The molecule has 1 saturated heterocycles. The van der Waals surface area contributed by atoms with Crippen LogP contribution >= 0.6 is 0 Å². The normalized spacial score (nSPS) is 16.7. The molecule has 0 unspecified atom stereocenters. The second-order valence-corrected chi connectivity index (χ2v) is 6.17. The van der Waals surface area contributed by atoms with Crippen LogP contribution < -0.4 is 4.74 Å². The van der Waals surface area contributed by atoms with Crippen LogP contribution in [0.5, 0.6) is 5.75 Å². The summed E-state index contributed by atoms with van der Waals surface area (Å²) in [7, 11) is 0. The largest absolute Gasteiger partial charge is 0.494 e. The summed E-state index contributed by atoms with van der Waals surface area (Å²) in [6, 6.07) is 8.30. The monoisotopic (exact) mass is 276 g/mol. The van der Waals surface area contributed by atoms with Gasteiger partial charge in [0.15, 0.2) is 0 Å². The van der Waals surface area contributed by atoms with Crippen molar-refractivity contribution >= 4 is 0 Å². The van der Waals surface area contributed by atoms with Crippen molar-refractivity contribution in [3.8, 4) is 5.75 Å². The van der Waals surface area contributed by atoms with E-state index < -0.39 is 0 Å². The van der Waals surface area contributed by atoms with Crippen molar-refractivity contribution in [3.63, 3.8) is 0 Å². The van der Waals surface area contributed by atoms with E-state index in [0.29, 0.717) is 5.41 Å². The van der Waals surface area contributed by atoms with Crippen molar-refractivity contribution in [2.24, 2.45) is 5.41 Å². The molecule has 20 heavy (non-hydrogen) atoms. The molecule has 0 aliphatic carbocycles. The Morgan fingerprint density at radius 3 is 2.35 bits per heavy atom. The number of unbranched alkanes of at least 4 members (excludes halogenated alkanes) is 3. The fourth-order valence-corrected chi connectivity index (χ4v) is 2.70. The van der Waals surface area contributed by atoms with Gasteiger partial charge in [-0.3, -0.25) is 0 Å². The molecule has 0 radical (unpaired) electrons. The van der Waals surface area contributed by atoms with Crippen LogP contribution in [0.1, 0.15) is 51.0 Å². The zero-order valence-corrected chi connectivity index (χ0v) is 13.0. The van der Waals surface area contributed by atoms with Crippen molar-refractivity contribution in [2.45, 2.75) is 52.4 Å². The first kappa shape index (κ1) is 15.4. The molecule has 0 spiro atoms. The fraction of sp³-hybridized carbons (Fsp3) is 0.667. The predicted molar refractivity (Wildman–Crippen MR) is 83.3 cm³/mol. The second kappa shape index (κ2) is 7.68. The highest BCUT2D eigenvalue weighted by molar-refractivity contribution is 5.26. The van der Waals surface area contributed by atoms with E-state index in [-0.39, 0.29) is 0 Å². The Labute approximate surface area is 123 Å². The van der Waals surface area contributed by atoms with Gasteiger partial charge in [-0.05, 0) is 38.3 Å². The van der Waals surface area contributed by atoms with Gasteiger partial charge in [0.05, 0.1) is 19.8 Å². The highest BCUT2D eigenvalue weighted by Crippen LogP contribution is 2.36. The maximum Gasteiger partial charge on any atom is 0.119 e. The van der Waals surface area contributed by atoms with Crippen molar-refractivity contribution in [1.82, 2.24) is 0 Å². The van der Waals surface area contributed by atoms with Gasteiger partial charge >= 0.3 is 0 Å². The van der Waals surface area contributed by atoms with E-state index in [1.165, 1.54) is 37.7 Å². The van der Waals surface area contributed by atoms with E-state index in [9.17, 15) is 0 Å². The number of ether oxygens (including phenoxy) is 2. The molecule has 0 N–H and O–H groups in total. The number of rotatable bonds is 9. The molecule has 0 saturated carbocycles. The summed E-state index contributed by atoms with van der Waals surface area (Å²) in [5.41, 5.74) is 1.81. The van der Waals surface area contributed by atoms with Crippen LogP contribution in [0.4, 0.5) is 0 Å². The fourth-order valence-electron chi connectivity index (χ4n) is 2.70. The van der Waals surface area contributed by atoms with E-state index in [4.69, 9.17) is 9.47 Å². The first-order chi connectivity index (χ1) is 9.74. The predicted octanol–water partition coefficient (Wildman–Crippen LogP) is 4.75. The van der Waals surface area contributed by atoms with Crippen molar-refractivity contribution in [1.29, 1.82) is 0 Å². The molecule has 112 valence electrons. The summed E-state index contributed by atoms with van der Waals surface area (Å²) in [4.78, 5) is 0. The van der Waals surface area contributed by atoms with Gasteiger partial charge in [0.1, 0.15) is 5.75 Å².